The van der Waals surface area contributed by atoms with E-state index in [1.165, 1.54) is 5.57 Å². The number of hydrogen-bond donors (Lipinski definition) is 0. The van der Waals surface area contributed by atoms with Crippen LogP contribution in [0.3, 0.4) is 0 Å². The van der Waals surface area contributed by atoms with Crippen molar-refractivity contribution in [3.63, 3.8) is 0 Å². The number of nitrogens with zero attached hydrogens (tertiary/aromatic N) is 4. The minimum Gasteiger partial charge on any atom is -0.317 e. The fourth-order valence-electron chi connectivity index (χ4n) is 4.30. The largest absolute Gasteiger partial charge is 0.317 e. The molecule has 24 heavy (non-hydrogen) atoms. The number of allylic oxidation sites excluding steroid dienone is 4. The maximum atomic E-state index is 10.5. The van der Waals surface area contributed by atoms with Gasteiger partial charge < -0.3 is 4.57 Å². The lowest BCUT2D eigenvalue weighted by Crippen LogP contribution is -2.20. The first-order valence-electron chi connectivity index (χ1n) is 9.14. The third-order valence-electron chi connectivity index (χ3n) is 5.84. The van der Waals surface area contributed by atoms with Crippen LogP contribution in [-0.4, -0.2) is 21.3 Å². The Labute approximate surface area is 144 Å². The zero-order valence-electron chi connectivity index (χ0n) is 15.0. The van der Waals surface area contributed by atoms with Gasteiger partial charge in [0.25, 0.3) is 0 Å². The number of nitroso groups, excluding NO2 is 1. The molecule has 2 fully saturated rings. The summed E-state index contributed by atoms with van der Waals surface area (Å²) in [7, 11) is 2.12. The van der Waals surface area contributed by atoms with Gasteiger partial charge in [-0.05, 0) is 63.9 Å². The van der Waals surface area contributed by atoms with Gasteiger partial charge in [0.2, 0.25) is 0 Å². The molecule has 2 aliphatic carbocycles. The maximum Gasteiger partial charge on any atom is 0.143 e. The summed E-state index contributed by atoms with van der Waals surface area (Å²) in [4.78, 5) is 10.5. The number of hydrogen-bond acceptors (Lipinski definition) is 4. The van der Waals surface area contributed by atoms with Crippen molar-refractivity contribution in [1.82, 2.24) is 14.8 Å². The van der Waals surface area contributed by atoms with Crippen molar-refractivity contribution in [1.29, 1.82) is 0 Å². The van der Waals surface area contributed by atoms with E-state index in [-0.39, 0.29) is 5.41 Å². The van der Waals surface area contributed by atoms with Gasteiger partial charge in [-0.25, -0.2) is 0 Å². The first-order valence-corrected chi connectivity index (χ1v) is 9.14. The summed E-state index contributed by atoms with van der Waals surface area (Å²) in [6, 6.07) is 0. The van der Waals surface area contributed by atoms with Crippen molar-refractivity contribution < 1.29 is 0 Å². The molecule has 0 N–H and O–H groups in total. The summed E-state index contributed by atoms with van der Waals surface area (Å²) in [5.41, 5.74) is 1.42. The van der Waals surface area contributed by atoms with Crippen molar-refractivity contribution in [3.05, 3.63) is 40.4 Å². The Morgan fingerprint density at radius 2 is 1.96 bits per heavy atom. The monoisotopic (exact) mass is 328 g/mol. The quantitative estimate of drug-likeness (QED) is 0.574. The standard InChI is InChI=1S/C19H28N4O/c1-4-6-16(5-2)19(11-12-19)18-22-21-17(23(18)3)15-9-7-14(8-10-15)13-20-24/h4-6,14-15H,7-13H2,1-3H3/b6-4-,16-5+. The molecule has 5 nitrogen and oxygen atoms in total. The van der Waals surface area contributed by atoms with Crippen LogP contribution in [0.4, 0.5) is 0 Å². The zero-order chi connectivity index (χ0) is 17.2. The van der Waals surface area contributed by atoms with E-state index in [1.807, 2.05) is 0 Å². The van der Waals surface area contributed by atoms with Crippen LogP contribution in [0, 0.1) is 10.8 Å². The van der Waals surface area contributed by atoms with E-state index in [1.54, 1.807) is 0 Å². The predicted octanol–water partition coefficient (Wildman–Crippen LogP) is 4.41. The van der Waals surface area contributed by atoms with Crippen LogP contribution >= 0.6 is 0 Å². The molecule has 0 amide bonds. The molecule has 0 unspecified atom stereocenters. The normalized spacial score (nSPS) is 26.7. The van der Waals surface area contributed by atoms with Gasteiger partial charge in [-0.15, -0.1) is 10.2 Å². The molecule has 0 saturated heterocycles. The Kier molecular flexibility index (Phi) is 4.97. The highest BCUT2D eigenvalue weighted by molar-refractivity contribution is 5.42. The van der Waals surface area contributed by atoms with Crippen molar-refractivity contribution in [2.75, 3.05) is 6.54 Å². The Morgan fingerprint density at radius 3 is 2.50 bits per heavy atom. The minimum atomic E-state index is 0.0693. The second kappa shape index (κ2) is 6.99. The van der Waals surface area contributed by atoms with E-state index in [9.17, 15) is 4.91 Å². The molecule has 5 heteroatoms. The van der Waals surface area contributed by atoms with Crippen molar-refractivity contribution in [2.24, 2.45) is 18.1 Å². The summed E-state index contributed by atoms with van der Waals surface area (Å²) in [5.74, 6) is 3.15. The molecule has 1 aromatic heterocycles. The van der Waals surface area contributed by atoms with Crippen molar-refractivity contribution in [3.8, 4) is 0 Å². The number of rotatable bonds is 6. The third kappa shape index (κ3) is 2.96. The average Bonchev–Trinajstić information content (AvgIpc) is 3.30. The van der Waals surface area contributed by atoms with Gasteiger partial charge in [0, 0.05) is 13.0 Å². The predicted molar refractivity (Wildman–Crippen MR) is 95.8 cm³/mol. The summed E-state index contributed by atoms with van der Waals surface area (Å²) in [6.45, 7) is 4.64. The Morgan fingerprint density at radius 1 is 1.25 bits per heavy atom. The van der Waals surface area contributed by atoms with Gasteiger partial charge in [-0.3, -0.25) is 0 Å². The summed E-state index contributed by atoms with van der Waals surface area (Å²) < 4.78 is 2.24. The van der Waals surface area contributed by atoms with E-state index < -0.39 is 0 Å². The zero-order valence-corrected chi connectivity index (χ0v) is 15.0. The summed E-state index contributed by atoms with van der Waals surface area (Å²) in [5, 5.41) is 12.2. The van der Waals surface area contributed by atoms with Crippen LogP contribution in [-0.2, 0) is 12.5 Å². The van der Waals surface area contributed by atoms with Gasteiger partial charge in [0.05, 0.1) is 12.0 Å². The smallest absolute Gasteiger partial charge is 0.143 e. The fraction of sp³-hybridized carbons (Fsp3) is 0.684. The van der Waals surface area contributed by atoms with Crippen LogP contribution in [0.2, 0.25) is 0 Å². The molecule has 2 saturated carbocycles. The third-order valence-corrected chi connectivity index (χ3v) is 5.84. The SMILES string of the molecule is C/C=C\C(=C/C)C1(c2nnc(C3CCC(CN=O)CC3)n2C)CC1. The molecule has 1 heterocycles. The van der Waals surface area contributed by atoms with Crippen molar-refractivity contribution in [2.45, 2.75) is 63.7 Å². The molecule has 130 valence electrons. The van der Waals surface area contributed by atoms with E-state index in [0.29, 0.717) is 18.4 Å². The molecule has 0 atom stereocenters. The van der Waals surface area contributed by atoms with E-state index in [0.717, 1.165) is 50.2 Å². The second-order valence-electron chi connectivity index (χ2n) is 7.30. The van der Waals surface area contributed by atoms with Crippen LogP contribution < -0.4 is 0 Å². The Balaban J connectivity index is 1.79. The van der Waals surface area contributed by atoms with E-state index >= 15 is 0 Å². The lowest BCUT2D eigenvalue weighted by atomic mass is 9.81. The molecular formula is C19H28N4O. The van der Waals surface area contributed by atoms with Gasteiger partial charge >= 0.3 is 0 Å². The highest BCUT2D eigenvalue weighted by Crippen LogP contribution is 2.53. The van der Waals surface area contributed by atoms with Gasteiger partial charge in [-0.1, -0.05) is 23.4 Å². The molecule has 2 aliphatic rings. The molecule has 1 aromatic rings. The molecule has 0 aromatic carbocycles. The highest BCUT2D eigenvalue weighted by atomic mass is 16.3. The molecule has 0 aliphatic heterocycles. The summed E-state index contributed by atoms with van der Waals surface area (Å²) >= 11 is 0. The number of aromatic nitrogens is 3. The first kappa shape index (κ1) is 17.1. The topological polar surface area (TPSA) is 60.1 Å². The Bertz CT molecular complexity index is 646. The van der Waals surface area contributed by atoms with Gasteiger partial charge in [0.1, 0.15) is 11.6 Å². The molecule has 3 rings (SSSR count). The fourth-order valence-corrected chi connectivity index (χ4v) is 4.30. The van der Waals surface area contributed by atoms with E-state index in [2.05, 4.69) is 59.1 Å². The molecule has 0 bridgehead atoms. The summed E-state index contributed by atoms with van der Waals surface area (Å²) in [6.07, 6.45) is 13.1. The van der Waals surface area contributed by atoms with Crippen LogP contribution in [0.5, 0.6) is 0 Å². The molecule has 0 radical (unpaired) electrons. The van der Waals surface area contributed by atoms with Gasteiger partial charge in [-0.2, -0.15) is 4.91 Å². The molecular weight excluding hydrogens is 300 g/mol. The maximum absolute atomic E-state index is 10.5. The van der Waals surface area contributed by atoms with Crippen LogP contribution in [0.15, 0.2) is 29.0 Å². The van der Waals surface area contributed by atoms with Crippen molar-refractivity contribution >= 4 is 0 Å². The van der Waals surface area contributed by atoms with Crippen LogP contribution in [0.1, 0.15) is 69.9 Å². The van der Waals surface area contributed by atoms with Gasteiger partial charge in [0.15, 0.2) is 0 Å². The average molecular weight is 328 g/mol. The second-order valence-corrected chi connectivity index (χ2v) is 7.30. The van der Waals surface area contributed by atoms with Crippen LogP contribution in [0.25, 0.3) is 0 Å². The molecule has 0 spiro atoms. The van der Waals surface area contributed by atoms with E-state index in [4.69, 9.17) is 0 Å². The minimum absolute atomic E-state index is 0.0693. The lowest BCUT2D eigenvalue weighted by Gasteiger charge is -2.26. The Hall–Kier alpha value is -1.78. The lowest BCUT2D eigenvalue weighted by molar-refractivity contribution is 0.321. The highest BCUT2D eigenvalue weighted by Gasteiger charge is 2.50. The first-order chi connectivity index (χ1) is 11.7.